The predicted octanol–water partition coefficient (Wildman–Crippen LogP) is 3.50. The summed E-state index contributed by atoms with van der Waals surface area (Å²) in [6.45, 7) is 4.00. The number of nitrogens with one attached hydrogen (secondary N) is 1. The lowest BCUT2D eigenvalue weighted by Gasteiger charge is -2.28. The maximum atomic E-state index is 13.7. The normalized spacial score (nSPS) is 15.7. The zero-order valence-corrected chi connectivity index (χ0v) is 15.9. The van der Waals surface area contributed by atoms with Gasteiger partial charge in [-0.2, -0.15) is 5.10 Å². The van der Waals surface area contributed by atoms with E-state index >= 15 is 0 Å². The second kappa shape index (κ2) is 7.55. The number of phenolic OH excluding ortho intramolecular Hbond substituents is 1. The summed E-state index contributed by atoms with van der Waals surface area (Å²) in [5, 5.41) is 17.1. The fourth-order valence-corrected chi connectivity index (χ4v) is 3.44. The van der Waals surface area contributed by atoms with Crippen LogP contribution in [0.25, 0.3) is 11.3 Å². The molecule has 0 amide bonds. The van der Waals surface area contributed by atoms with Gasteiger partial charge in [-0.25, -0.2) is 14.4 Å². The van der Waals surface area contributed by atoms with Crippen LogP contribution >= 0.6 is 0 Å². The van der Waals surface area contributed by atoms with Crippen LogP contribution in [0.3, 0.4) is 0 Å². The Morgan fingerprint density at radius 1 is 1.21 bits per heavy atom. The summed E-state index contributed by atoms with van der Waals surface area (Å²) in [6, 6.07) is 4.63. The van der Waals surface area contributed by atoms with E-state index in [-0.39, 0.29) is 5.75 Å². The molecule has 1 aromatic carbocycles. The molecule has 0 bridgehead atoms. The minimum atomic E-state index is -0.676. The van der Waals surface area contributed by atoms with Gasteiger partial charge in [0, 0.05) is 18.0 Å². The monoisotopic (exact) mass is 382 g/mol. The zero-order valence-electron chi connectivity index (χ0n) is 15.9. The lowest BCUT2D eigenvalue weighted by Crippen LogP contribution is -2.31. The number of benzene rings is 1. The van der Waals surface area contributed by atoms with Crippen LogP contribution in [0.4, 0.5) is 16.0 Å². The first kappa shape index (κ1) is 18.4. The van der Waals surface area contributed by atoms with Crippen molar-refractivity contribution in [1.29, 1.82) is 0 Å². The molecule has 0 saturated carbocycles. The number of phenols is 1. The molecule has 2 N–H and O–H groups in total. The summed E-state index contributed by atoms with van der Waals surface area (Å²) in [4.78, 5) is 11.2. The Morgan fingerprint density at radius 2 is 2.00 bits per heavy atom. The second-order valence-corrected chi connectivity index (χ2v) is 7.26. The lowest BCUT2D eigenvalue weighted by atomic mass is 10.1. The van der Waals surface area contributed by atoms with E-state index in [0.29, 0.717) is 23.2 Å². The van der Waals surface area contributed by atoms with Crippen LogP contribution in [0.2, 0.25) is 0 Å². The summed E-state index contributed by atoms with van der Waals surface area (Å²) in [5.41, 5.74) is 2.82. The number of aryl methyl sites for hydroxylation is 1. The van der Waals surface area contributed by atoms with E-state index in [2.05, 4.69) is 32.3 Å². The standard InChI is InChI=1S/C20H23FN6O/c1-13-10-22-20(25-19(13)14-3-4-18(28)17(21)9-14)24-15-11-23-27(12-15)16-5-7-26(2)8-6-16/h3-4,9-12,16,28H,5-8H2,1-2H3,(H,22,24,25). The summed E-state index contributed by atoms with van der Waals surface area (Å²) in [5.74, 6) is -0.642. The van der Waals surface area contributed by atoms with E-state index in [9.17, 15) is 9.50 Å². The number of hydrogen-bond acceptors (Lipinski definition) is 6. The maximum absolute atomic E-state index is 13.7. The molecule has 1 saturated heterocycles. The number of rotatable bonds is 4. The molecule has 3 aromatic rings. The van der Waals surface area contributed by atoms with Gasteiger partial charge >= 0.3 is 0 Å². The minimum Gasteiger partial charge on any atom is -0.505 e. The third kappa shape index (κ3) is 3.82. The summed E-state index contributed by atoms with van der Waals surface area (Å²) in [7, 11) is 2.14. The van der Waals surface area contributed by atoms with Crippen molar-refractivity contribution in [1.82, 2.24) is 24.6 Å². The van der Waals surface area contributed by atoms with Crippen molar-refractivity contribution in [2.24, 2.45) is 0 Å². The van der Waals surface area contributed by atoms with Crippen LogP contribution in [-0.2, 0) is 0 Å². The van der Waals surface area contributed by atoms with Gasteiger partial charge in [0.05, 0.1) is 23.6 Å². The van der Waals surface area contributed by atoms with Crippen molar-refractivity contribution in [3.05, 3.63) is 48.2 Å². The first-order chi connectivity index (χ1) is 13.5. The van der Waals surface area contributed by atoms with Crippen molar-refractivity contribution in [2.75, 3.05) is 25.5 Å². The third-order valence-corrected chi connectivity index (χ3v) is 5.11. The highest BCUT2D eigenvalue weighted by Gasteiger charge is 2.19. The SMILES string of the molecule is Cc1cnc(Nc2cnn(C3CCN(C)CC3)c2)nc1-c1ccc(O)c(F)c1. The van der Waals surface area contributed by atoms with E-state index in [1.165, 1.54) is 12.1 Å². The quantitative estimate of drug-likeness (QED) is 0.719. The predicted molar refractivity (Wildman–Crippen MR) is 105 cm³/mol. The van der Waals surface area contributed by atoms with Gasteiger partial charge < -0.3 is 15.3 Å². The van der Waals surface area contributed by atoms with Gasteiger partial charge in [0.25, 0.3) is 0 Å². The van der Waals surface area contributed by atoms with Crippen molar-refractivity contribution >= 4 is 11.6 Å². The van der Waals surface area contributed by atoms with E-state index in [4.69, 9.17) is 0 Å². The first-order valence-corrected chi connectivity index (χ1v) is 9.32. The highest BCUT2D eigenvalue weighted by atomic mass is 19.1. The Bertz CT molecular complexity index is 981. The highest BCUT2D eigenvalue weighted by Crippen LogP contribution is 2.27. The number of anilines is 2. The number of aromatic hydroxyl groups is 1. The van der Waals surface area contributed by atoms with E-state index in [1.807, 2.05) is 17.8 Å². The topological polar surface area (TPSA) is 79.1 Å². The Morgan fingerprint density at radius 3 is 2.75 bits per heavy atom. The smallest absolute Gasteiger partial charge is 0.227 e. The van der Waals surface area contributed by atoms with Gasteiger partial charge in [-0.15, -0.1) is 0 Å². The van der Waals surface area contributed by atoms with Crippen LogP contribution in [0.15, 0.2) is 36.8 Å². The fraction of sp³-hybridized carbons (Fsp3) is 0.350. The molecular weight excluding hydrogens is 359 g/mol. The van der Waals surface area contributed by atoms with Crippen LogP contribution in [0.1, 0.15) is 24.4 Å². The average Bonchev–Trinajstić information content (AvgIpc) is 3.14. The Balaban J connectivity index is 1.53. The Kier molecular flexibility index (Phi) is 4.95. The van der Waals surface area contributed by atoms with Gasteiger partial charge in [0.1, 0.15) is 0 Å². The van der Waals surface area contributed by atoms with Crippen LogP contribution in [0.5, 0.6) is 5.75 Å². The van der Waals surface area contributed by atoms with Crippen molar-refractivity contribution in [3.8, 4) is 17.0 Å². The van der Waals surface area contributed by atoms with Gasteiger partial charge in [-0.1, -0.05) is 0 Å². The Labute approximate surface area is 162 Å². The molecule has 0 spiro atoms. The molecule has 0 radical (unpaired) electrons. The highest BCUT2D eigenvalue weighted by molar-refractivity contribution is 5.65. The summed E-state index contributed by atoms with van der Waals surface area (Å²) in [6.07, 6.45) is 7.59. The molecule has 0 unspecified atom stereocenters. The molecular formula is C20H23FN6O. The first-order valence-electron chi connectivity index (χ1n) is 9.32. The fourth-order valence-electron chi connectivity index (χ4n) is 3.44. The third-order valence-electron chi connectivity index (χ3n) is 5.11. The van der Waals surface area contributed by atoms with Gasteiger partial charge in [0.2, 0.25) is 5.95 Å². The van der Waals surface area contributed by atoms with E-state index in [0.717, 1.165) is 37.2 Å². The number of hydrogen-bond donors (Lipinski definition) is 2. The van der Waals surface area contributed by atoms with Gasteiger partial charge in [-0.05, 0) is 63.7 Å². The van der Waals surface area contributed by atoms with Gasteiger partial charge in [0.15, 0.2) is 11.6 Å². The molecule has 3 heterocycles. The number of nitrogens with zero attached hydrogens (tertiary/aromatic N) is 5. The molecule has 7 nitrogen and oxygen atoms in total. The van der Waals surface area contributed by atoms with E-state index < -0.39 is 5.82 Å². The number of aromatic nitrogens is 4. The molecule has 8 heteroatoms. The molecule has 4 rings (SSSR count). The van der Waals surface area contributed by atoms with Crippen LogP contribution in [0, 0.1) is 12.7 Å². The lowest BCUT2D eigenvalue weighted by molar-refractivity contribution is 0.212. The molecule has 1 fully saturated rings. The number of piperidine rings is 1. The maximum Gasteiger partial charge on any atom is 0.227 e. The zero-order chi connectivity index (χ0) is 19.7. The average molecular weight is 382 g/mol. The van der Waals surface area contributed by atoms with E-state index in [1.54, 1.807) is 18.5 Å². The molecule has 1 aliphatic heterocycles. The molecule has 0 aliphatic carbocycles. The molecule has 1 aliphatic rings. The van der Waals surface area contributed by atoms with Crippen molar-refractivity contribution in [3.63, 3.8) is 0 Å². The number of halogens is 1. The second-order valence-electron chi connectivity index (χ2n) is 7.26. The van der Waals surface area contributed by atoms with Crippen molar-refractivity contribution < 1.29 is 9.50 Å². The van der Waals surface area contributed by atoms with Crippen LogP contribution < -0.4 is 5.32 Å². The molecule has 28 heavy (non-hydrogen) atoms. The molecule has 0 atom stereocenters. The van der Waals surface area contributed by atoms with Crippen LogP contribution in [-0.4, -0.2) is 49.9 Å². The minimum absolute atomic E-state index is 0.380. The number of likely N-dealkylation sites (tertiary alicyclic amines) is 1. The Hall–Kier alpha value is -3.00. The summed E-state index contributed by atoms with van der Waals surface area (Å²) >= 11 is 0. The van der Waals surface area contributed by atoms with Crippen molar-refractivity contribution in [2.45, 2.75) is 25.8 Å². The largest absolute Gasteiger partial charge is 0.505 e. The molecule has 146 valence electrons. The summed E-state index contributed by atoms with van der Waals surface area (Å²) < 4.78 is 15.7. The van der Waals surface area contributed by atoms with Gasteiger partial charge in [-0.3, -0.25) is 4.68 Å². The molecule has 2 aromatic heterocycles.